The molecule has 2 nitrogen and oxygen atoms in total. The molecule has 0 N–H and O–H groups in total. The summed E-state index contributed by atoms with van der Waals surface area (Å²) in [5, 5.41) is 12.6. The highest BCUT2D eigenvalue weighted by Crippen LogP contribution is 2.59. The fraction of sp³-hybridized carbons (Fsp3) is 0.150. The van der Waals surface area contributed by atoms with Gasteiger partial charge in [-0.15, -0.1) is 0 Å². The van der Waals surface area contributed by atoms with Gasteiger partial charge in [0.05, 0.1) is 11.4 Å². The van der Waals surface area contributed by atoms with Crippen molar-refractivity contribution < 1.29 is 0 Å². The van der Waals surface area contributed by atoms with Crippen molar-refractivity contribution in [2.45, 2.75) is 77.0 Å². The molecule has 3 aliphatic carbocycles. The summed E-state index contributed by atoms with van der Waals surface area (Å²) in [6, 6.07) is 92.5. The van der Waals surface area contributed by atoms with Crippen molar-refractivity contribution in [3.63, 3.8) is 0 Å². The number of para-hydroxylation sites is 2. The Kier molecular flexibility index (Phi) is 10.2. The van der Waals surface area contributed by atoms with E-state index >= 15 is 0 Å². The van der Waals surface area contributed by atoms with E-state index in [9.17, 15) is 0 Å². The Morgan fingerprint density at radius 2 is 0.476 bits per heavy atom. The molecule has 0 amide bonds. The van der Waals surface area contributed by atoms with Gasteiger partial charge in [0.1, 0.15) is 0 Å². The molecule has 0 saturated heterocycles. The first kappa shape index (κ1) is 48.6. The van der Waals surface area contributed by atoms with Crippen molar-refractivity contribution in [2.24, 2.45) is 0 Å². The third-order valence-electron chi connectivity index (χ3n) is 19.8. The summed E-state index contributed by atoms with van der Waals surface area (Å²) in [7, 11) is 0. The second kappa shape index (κ2) is 17.1. The zero-order valence-electron chi connectivity index (χ0n) is 48.0. The first-order valence-electron chi connectivity index (χ1n) is 29.3. The molecule has 2 heteroatoms. The topological polar surface area (TPSA) is 6.48 Å². The zero-order valence-corrected chi connectivity index (χ0v) is 48.0. The molecule has 0 saturated carbocycles. The van der Waals surface area contributed by atoms with Crippen LogP contribution in [0.5, 0.6) is 0 Å². The monoisotopic (exact) mass is 1050 g/mol. The first-order chi connectivity index (χ1) is 39.7. The van der Waals surface area contributed by atoms with E-state index in [-0.39, 0.29) is 21.7 Å². The molecule has 394 valence electrons. The van der Waals surface area contributed by atoms with Crippen LogP contribution in [0.1, 0.15) is 99.9 Å². The second-order valence-electron chi connectivity index (χ2n) is 25.6. The van der Waals surface area contributed by atoms with Crippen molar-refractivity contribution in [3.8, 4) is 22.3 Å². The van der Waals surface area contributed by atoms with E-state index in [4.69, 9.17) is 0 Å². The average Bonchev–Trinajstić information content (AvgIpc) is 1.24. The van der Waals surface area contributed by atoms with Crippen LogP contribution in [0.3, 0.4) is 0 Å². The van der Waals surface area contributed by atoms with Gasteiger partial charge in [0.25, 0.3) is 0 Å². The molecule has 0 fully saturated rings. The van der Waals surface area contributed by atoms with Gasteiger partial charge in [-0.1, -0.05) is 225 Å². The van der Waals surface area contributed by atoms with Gasteiger partial charge in [-0.2, -0.15) is 0 Å². The zero-order chi connectivity index (χ0) is 55.6. The molecule has 13 aromatic carbocycles. The molecule has 0 heterocycles. The van der Waals surface area contributed by atoms with Crippen molar-refractivity contribution >= 4 is 88.0 Å². The molecule has 82 heavy (non-hydrogen) atoms. The Hall–Kier alpha value is -9.24. The maximum absolute atomic E-state index is 2.64. The molecule has 0 radical (unpaired) electrons. The van der Waals surface area contributed by atoms with Gasteiger partial charge in [-0.25, -0.2) is 0 Å². The fourth-order valence-electron chi connectivity index (χ4n) is 15.6. The second-order valence-corrected chi connectivity index (χ2v) is 25.6. The standard InChI is InChI=1S/C80H64N2/c1-77(2)67-37-23-21-33-57(67)59-41-39-51(43-69(59)77)81(49-25-11-9-12-26-49)75-61-35-19-20-36-62(61)76(82(50-27-13-10-14-28-50)52-40-42-60-58-34-22-24-38-68(58)78(3,4)70(60)44-52)66-48-74-73(47-65(66)75)79(5,6)71-45-63-55-31-17-15-29-53(55)54-30-16-18-32-56(54)64(63)46-72(71)80(74,7)8/h9-48H,1-8H3. The predicted octanol–water partition coefficient (Wildman–Crippen LogP) is 22.0. The number of fused-ring (bicyclic) bond motifs is 16. The van der Waals surface area contributed by atoms with Crippen LogP contribution >= 0.6 is 0 Å². The molecule has 0 unspecified atom stereocenters. The van der Waals surface area contributed by atoms with Gasteiger partial charge in [0, 0.05) is 66.0 Å². The minimum absolute atomic E-state index is 0.190. The highest BCUT2D eigenvalue weighted by atomic mass is 15.2. The lowest BCUT2D eigenvalue weighted by Gasteiger charge is -2.45. The van der Waals surface area contributed by atoms with E-state index in [1.165, 1.54) is 132 Å². The number of hydrogen-bond donors (Lipinski definition) is 0. The van der Waals surface area contributed by atoms with Crippen LogP contribution in [-0.4, -0.2) is 0 Å². The quantitative estimate of drug-likeness (QED) is 0.0930. The summed E-state index contributed by atoms with van der Waals surface area (Å²) in [5.41, 5.74) is 21.9. The third-order valence-corrected chi connectivity index (χ3v) is 19.8. The number of nitrogens with zero attached hydrogens (tertiary/aromatic N) is 2. The SMILES string of the molecule is CC1(C)c2ccccc2-c2ccc(N(c3ccccc3)c3c4ccccc4c(N(c4ccccc4)c4ccc5c(c4)C(C)(C)c4ccccc4-5)c4cc5c(cc34)C(C)(C)c3cc4c6ccccc6c6ccccc6c4cc3C5(C)C)cc21. The molecular weight excluding hydrogens is 989 g/mol. The van der Waals surface area contributed by atoms with Crippen LogP contribution in [0, 0.1) is 0 Å². The Balaban J connectivity index is 1.04. The molecule has 0 spiro atoms. The lowest BCUT2D eigenvalue weighted by Crippen LogP contribution is -2.36. The van der Waals surface area contributed by atoms with E-state index in [2.05, 4.69) is 308 Å². The smallest absolute Gasteiger partial charge is 0.0620 e. The van der Waals surface area contributed by atoms with Crippen molar-refractivity contribution in [2.75, 3.05) is 9.80 Å². The van der Waals surface area contributed by atoms with Gasteiger partial charge in [0.15, 0.2) is 0 Å². The Bertz CT molecular complexity index is 4560. The molecule has 3 aliphatic rings. The van der Waals surface area contributed by atoms with Crippen molar-refractivity contribution in [1.29, 1.82) is 0 Å². The van der Waals surface area contributed by atoms with Gasteiger partial charge < -0.3 is 9.80 Å². The van der Waals surface area contributed by atoms with E-state index in [0.29, 0.717) is 0 Å². The Morgan fingerprint density at radius 3 is 0.854 bits per heavy atom. The van der Waals surface area contributed by atoms with Crippen LogP contribution < -0.4 is 9.80 Å². The van der Waals surface area contributed by atoms with Crippen LogP contribution in [0.25, 0.3) is 76.1 Å². The maximum atomic E-state index is 2.64. The third kappa shape index (κ3) is 6.64. The summed E-state index contributed by atoms with van der Waals surface area (Å²) in [6.07, 6.45) is 0. The number of anilines is 6. The predicted molar refractivity (Wildman–Crippen MR) is 349 cm³/mol. The lowest BCUT2D eigenvalue weighted by atomic mass is 9.59. The molecule has 0 aromatic heterocycles. The van der Waals surface area contributed by atoms with Gasteiger partial charge >= 0.3 is 0 Å². The van der Waals surface area contributed by atoms with Crippen LogP contribution in [0.2, 0.25) is 0 Å². The van der Waals surface area contributed by atoms with Crippen molar-refractivity contribution in [1.82, 2.24) is 0 Å². The number of benzene rings is 13. The summed E-state index contributed by atoms with van der Waals surface area (Å²) in [6.45, 7) is 19.5. The summed E-state index contributed by atoms with van der Waals surface area (Å²) >= 11 is 0. The first-order valence-corrected chi connectivity index (χ1v) is 29.3. The maximum Gasteiger partial charge on any atom is 0.0620 e. The van der Waals surface area contributed by atoms with Crippen LogP contribution in [0.4, 0.5) is 34.1 Å². The molecule has 16 rings (SSSR count). The van der Waals surface area contributed by atoms with E-state index < -0.39 is 0 Å². The van der Waals surface area contributed by atoms with Crippen molar-refractivity contribution in [3.05, 3.63) is 287 Å². The molecule has 0 bridgehead atoms. The summed E-state index contributed by atoms with van der Waals surface area (Å²) < 4.78 is 0. The molecule has 13 aromatic rings. The minimum Gasteiger partial charge on any atom is -0.309 e. The molecule has 0 atom stereocenters. The fourth-order valence-corrected chi connectivity index (χ4v) is 15.6. The van der Waals surface area contributed by atoms with Gasteiger partial charge in [-0.05, 0) is 172 Å². The van der Waals surface area contributed by atoms with Crippen LogP contribution in [0.15, 0.2) is 243 Å². The number of rotatable bonds is 6. The van der Waals surface area contributed by atoms with Gasteiger partial charge in [-0.3, -0.25) is 0 Å². The van der Waals surface area contributed by atoms with E-state index in [1.807, 2.05) is 0 Å². The normalized spacial score (nSPS) is 15.5. The highest BCUT2D eigenvalue weighted by Gasteiger charge is 2.44. The largest absolute Gasteiger partial charge is 0.309 e. The average molecular weight is 1050 g/mol. The summed E-state index contributed by atoms with van der Waals surface area (Å²) in [4.78, 5) is 5.17. The molecular formula is C80H64N2. The minimum atomic E-state index is -0.390. The Labute approximate surface area is 481 Å². The van der Waals surface area contributed by atoms with Crippen LogP contribution in [-0.2, 0) is 21.7 Å². The van der Waals surface area contributed by atoms with Gasteiger partial charge in [0.2, 0.25) is 0 Å². The Morgan fingerprint density at radius 1 is 0.195 bits per heavy atom. The lowest BCUT2D eigenvalue weighted by molar-refractivity contribution is 0.523. The molecule has 0 aliphatic heterocycles. The summed E-state index contributed by atoms with van der Waals surface area (Å²) in [5.74, 6) is 0. The van der Waals surface area contributed by atoms with E-state index in [1.54, 1.807) is 0 Å². The van der Waals surface area contributed by atoms with E-state index in [0.717, 1.165) is 22.7 Å². The number of hydrogen-bond acceptors (Lipinski definition) is 2. The highest BCUT2D eigenvalue weighted by molar-refractivity contribution is 6.26.